The summed E-state index contributed by atoms with van der Waals surface area (Å²) in [5.41, 5.74) is 1.15. The van der Waals surface area contributed by atoms with Crippen LogP contribution < -0.4 is 17.0 Å². The van der Waals surface area contributed by atoms with Gasteiger partial charge in [0.25, 0.3) is 0 Å². The molecular formula is C20H24BrNO. The molecule has 2 bridgehead atoms. The van der Waals surface area contributed by atoms with Crippen molar-refractivity contribution in [3.63, 3.8) is 0 Å². The largest absolute Gasteiger partial charge is 1.00 e. The Morgan fingerprint density at radius 3 is 1.65 bits per heavy atom. The lowest BCUT2D eigenvalue weighted by molar-refractivity contribution is -0.890. The van der Waals surface area contributed by atoms with Gasteiger partial charge in [-0.2, -0.15) is 0 Å². The average Bonchev–Trinajstić information content (AvgIpc) is 3.11. The predicted molar refractivity (Wildman–Crippen MR) is 88.3 cm³/mol. The standard InChI is InChI=1S/C20H24NO.BrH/c1-21-14-12-19(16-21,13-15-21)20(22,17-8-4-2-5-9-17)18-10-6-3-7-11-18;/h2-11,22H,12-16H2,1H3;1H/q+1;/p-1. The zero-order valence-corrected chi connectivity index (χ0v) is 15.2. The van der Waals surface area contributed by atoms with Crippen LogP contribution in [0, 0.1) is 5.41 Å². The van der Waals surface area contributed by atoms with Crippen molar-refractivity contribution in [1.82, 2.24) is 0 Å². The number of piperidine rings is 1. The van der Waals surface area contributed by atoms with Gasteiger partial charge in [-0.1, -0.05) is 60.7 Å². The summed E-state index contributed by atoms with van der Waals surface area (Å²) in [5, 5.41) is 12.0. The van der Waals surface area contributed by atoms with Gasteiger partial charge < -0.3 is 26.6 Å². The molecule has 122 valence electrons. The molecule has 1 N–H and O–H groups in total. The molecule has 2 aromatic rings. The monoisotopic (exact) mass is 373 g/mol. The summed E-state index contributed by atoms with van der Waals surface area (Å²) in [5.74, 6) is 0. The first-order chi connectivity index (χ1) is 10.6. The van der Waals surface area contributed by atoms with Crippen molar-refractivity contribution < 1.29 is 26.6 Å². The highest BCUT2D eigenvalue weighted by Crippen LogP contribution is 2.57. The fourth-order valence-electron chi connectivity index (χ4n) is 4.87. The van der Waals surface area contributed by atoms with Crippen molar-refractivity contribution in [3.8, 4) is 0 Å². The fraction of sp³-hybridized carbons (Fsp3) is 0.400. The maximum atomic E-state index is 12.0. The van der Waals surface area contributed by atoms with E-state index in [9.17, 15) is 5.11 Å². The summed E-state index contributed by atoms with van der Waals surface area (Å²) in [6.07, 6.45) is 2.20. The lowest BCUT2D eigenvalue weighted by atomic mass is 9.63. The minimum atomic E-state index is -0.887. The smallest absolute Gasteiger partial charge is 0.126 e. The van der Waals surface area contributed by atoms with Gasteiger partial charge in [0.1, 0.15) is 5.60 Å². The molecule has 0 spiro atoms. The summed E-state index contributed by atoms with van der Waals surface area (Å²) >= 11 is 0. The van der Waals surface area contributed by atoms with E-state index in [4.69, 9.17) is 0 Å². The molecule has 0 amide bonds. The van der Waals surface area contributed by atoms with E-state index in [0.717, 1.165) is 35.0 Å². The average molecular weight is 374 g/mol. The van der Waals surface area contributed by atoms with Gasteiger partial charge in [-0.25, -0.2) is 0 Å². The van der Waals surface area contributed by atoms with Gasteiger partial charge in [0.2, 0.25) is 0 Å². The molecule has 23 heavy (non-hydrogen) atoms. The third-order valence-electron chi connectivity index (χ3n) is 6.10. The van der Waals surface area contributed by atoms with Crippen LogP contribution in [-0.4, -0.2) is 36.3 Å². The molecule has 2 aliphatic heterocycles. The molecule has 0 aliphatic carbocycles. The van der Waals surface area contributed by atoms with E-state index in [0.29, 0.717) is 0 Å². The van der Waals surface area contributed by atoms with E-state index in [1.807, 2.05) is 36.4 Å². The van der Waals surface area contributed by atoms with Gasteiger partial charge >= 0.3 is 0 Å². The Labute approximate surface area is 149 Å². The minimum absolute atomic E-state index is 0. The van der Waals surface area contributed by atoms with E-state index in [-0.39, 0.29) is 22.4 Å². The summed E-state index contributed by atoms with van der Waals surface area (Å²) in [6, 6.07) is 20.5. The van der Waals surface area contributed by atoms with Gasteiger partial charge in [-0.05, 0) is 11.1 Å². The van der Waals surface area contributed by atoms with Crippen LogP contribution in [0.5, 0.6) is 0 Å². The fourth-order valence-corrected chi connectivity index (χ4v) is 4.87. The van der Waals surface area contributed by atoms with E-state index >= 15 is 0 Å². The zero-order chi connectivity index (χ0) is 15.3. The molecule has 0 radical (unpaired) electrons. The summed E-state index contributed by atoms with van der Waals surface area (Å²) in [6.45, 7) is 3.44. The van der Waals surface area contributed by atoms with Crippen LogP contribution in [0.1, 0.15) is 24.0 Å². The summed E-state index contributed by atoms with van der Waals surface area (Å²) in [7, 11) is 2.34. The Hall–Kier alpha value is -1.16. The SMILES string of the molecule is C[N+]12CCC(C(O)(c3ccccc3)c3ccccc3)(CC1)C2.[Br-]. The molecule has 2 heterocycles. The first kappa shape index (κ1) is 16.7. The van der Waals surface area contributed by atoms with Crippen molar-refractivity contribution in [1.29, 1.82) is 0 Å². The van der Waals surface area contributed by atoms with Crippen LogP contribution in [-0.2, 0) is 5.60 Å². The zero-order valence-electron chi connectivity index (χ0n) is 13.6. The van der Waals surface area contributed by atoms with Crippen molar-refractivity contribution in [2.75, 3.05) is 26.7 Å². The second kappa shape index (κ2) is 5.73. The molecule has 0 unspecified atom stereocenters. The Kier molecular flexibility index (Phi) is 4.16. The van der Waals surface area contributed by atoms with Crippen LogP contribution in [0.3, 0.4) is 0 Å². The molecule has 2 saturated heterocycles. The maximum absolute atomic E-state index is 12.0. The number of halogens is 1. The predicted octanol–water partition coefficient (Wildman–Crippen LogP) is 0.167. The number of nitrogens with zero attached hydrogens (tertiary/aromatic N) is 1. The quantitative estimate of drug-likeness (QED) is 0.760. The number of hydrogen-bond donors (Lipinski definition) is 1. The van der Waals surface area contributed by atoms with E-state index in [2.05, 4.69) is 31.3 Å². The molecule has 2 nitrogen and oxygen atoms in total. The first-order valence-corrected chi connectivity index (χ1v) is 8.25. The van der Waals surface area contributed by atoms with Crippen LogP contribution in [0.25, 0.3) is 0 Å². The molecule has 2 aromatic carbocycles. The lowest BCUT2D eigenvalue weighted by Crippen LogP contribution is -3.00. The first-order valence-electron chi connectivity index (χ1n) is 8.25. The molecule has 0 saturated carbocycles. The highest BCUT2D eigenvalue weighted by Gasteiger charge is 2.64. The molecular weight excluding hydrogens is 350 g/mol. The van der Waals surface area contributed by atoms with Gasteiger partial charge in [0.15, 0.2) is 0 Å². The Morgan fingerprint density at radius 1 is 0.870 bits per heavy atom. The van der Waals surface area contributed by atoms with Gasteiger partial charge in [0, 0.05) is 12.8 Å². The van der Waals surface area contributed by atoms with Crippen molar-refractivity contribution in [3.05, 3.63) is 71.8 Å². The summed E-state index contributed by atoms with van der Waals surface area (Å²) in [4.78, 5) is 0. The summed E-state index contributed by atoms with van der Waals surface area (Å²) < 4.78 is 1.11. The Bertz CT molecular complexity index is 623. The molecule has 0 atom stereocenters. The number of quaternary nitrogens is 1. The van der Waals surface area contributed by atoms with Crippen LogP contribution in [0.2, 0.25) is 0 Å². The van der Waals surface area contributed by atoms with Crippen LogP contribution >= 0.6 is 0 Å². The number of hydrogen-bond acceptors (Lipinski definition) is 1. The minimum Gasteiger partial charge on any atom is -1.00 e. The Morgan fingerprint density at radius 2 is 1.30 bits per heavy atom. The third kappa shape index (κ3) is 2.37. The van der Waals surface area contributed by atoms with Gasteiger partial charge in [-0.3, -0.25) is 0 Å². The van der Waals surface area contributed by atoms with E-state index < -0.39 is 5.60 Å². The normalized spacial score (nSPS) is 29.3. The van der Waals surface area contributed by atoms with Crippen LogP contribution in [0.4, 0.5) is 0 Å². The third-order valence-corrected chi connectivity index (χ3v) is 6.10. The number of rotatable bonds is 3. The molecule has 2 aliphatic rings. The van der Waals surface area contributed by atoms with Crippen molar-refractivity contribution in [2.24, 2.45) is 5.41 Å². The molecule has 2 fully saturated rings. The second-order valence-electron chi connectivity index (χ2n) is 7.45. The molecule has 0 aromatic heterocycles. The maximum Gasteiger partial charge on any atom is 0.126 e. The van der Waals surface area contributed by atoms with Gasteiger partial charge in [-0.15, -0.1) is 0 Å². The second-order valence-corrected chi connectivity index (χ2v) is 7.45. The van der Waals surface area contributed by atoms with Crippen molar-refractivity contribution >= 4 is 0 Å². The highest BCUT2D eigenvalue weighted by atomic mass is 79.9. The number of aliphatic hydroxyl groups is 1. The van der Waals surface area contributed by atoms with Crippen molar-refractivity contribution in [2.45, 2.75) is 18.4 Å². The molecule has 4 rings (SSSR count). The topological polar surface area (TPSA) is 20.2 Å². The number of benzene rings is 2. The van der Waals surface area contributed by atoms with Crippen LogP contribution in [0.15, 0.2) is 60.7 Å². The molecule has 3 heteroatoms. The van der Waals surface area contributed by atoms with Gasteiger partial charge in [0.05, 0.1) is 32.1 Å². The van der Waals surface area contributed by atoms with E-state index in [1.165, 1.54) is 13.1 Å². The Balaban J connectivity index is 0.00000156. The highest BCUT2D eigenvalue weighted by molar-refractivity contribution is 5.39. The van der Waals surface area contributed by atoms with E-state index in [1.54, 1.807) is 0 Å². The number of fused-ring (bicyclic) bond motifs is 2. The lowest BCUT2D eigenvalue weighted by Gasteiger charge is -2.42.